The van der Waals surface area contributed by atoms with Crippen molar-refractivity contribution in [3.8, 4) is 5.75 Å². The van der Waals surface area contributed by atoms with Gasteiger partial charge in [-0.3, -0.25) is 9.59 Å². The van der Waals surface area contributed by atoms with Crippen LogP contribution in [0.15, 0.2) is 18.2 Å². The van der Waals surface area contributed by atoms with Crippen LogP contribution < -0.4 is 4.74 Å². The molecule has 0 aliphatic carbocycles. The molecule has 1 aliphatic heterocycles. The topological polar surface area (TPSA) is 76.1 Å². The molecule has 138 valence electrons. The number of aliphatic carboxylic acids is 1. The highest BCUT2D eigenvalue weighted by Gasteiger charge is 2.28. The molecule has 1 aromatic carbocycles. The van der Waals surface area contributed by atoms with Gasteiger partial charge in [-0.05, 0) is 43.9 Å². The predicted octanol–water partition coefficient (Wildman–Crippen LogP) is 2.55. The highest BCUT2D eigenvalue weighted by atomic mass is 16.5. The molecule has 25 heavy (non-hydrogen) atoms. The van der Waals surface area contributed by atoms with E-state index in [0.29, 0.717) is 32.8 Å². The van der Waals surface area contributed by atoms with Crippen molar-refractivity contribution in [2.45, 2.75) is 45.6 Å². The molecular weight excluding hydrogens is 322 g/mol. The molecule has 0 saturated carbocycles. The van der Waals surface area contributed by atoms with Crippen molar-refractivity contribution in [2.75, 3.05) is 26.4 Å². The molecule has 1 N–H and O–H groups in total. The minimum atomic E-state index is -0.907. The molecular formula is C19H27NO5. The first-order valence-corrected chi connectivity index (χ1v) is 8.76. The van der Waals surface area contributed by atoms with Crippen molar-refractivity contribution < 1.29 is 24.2 Å². The van der Waals surface area contributed by atoms with E-state index >= 15 is 0 Å². The number of unbranched alkanes of at least 4 members (excludes halogenated alkanes) is 1. The fourth-order valence-corrected chi connectivity index (χ4v) is 2.92. The number of morpholine rings is 1. The van der Waals surface area contributed by atoms with Crippen LogP contribution in [0.2, 0.25) is 0 Å². The standard InChI is InChI=1S/C19H27NO5/c1-14-6-7-15(2)17(11-14)25-9-4-3-5-18(21)20-8-10-24-13-16(20)12-19(22)23/h6-7,11,16H,3-5,8-10,12-13H2,1-2H3,(H,22,23). The molecule has 1 amide bonds. The number of hydrogen-bond acceptors (Lipinski definition) is 4. The van der Waals surface area contributed by atoms with E-state index in [4.69, 9.17) is 14.6 Å². The van der Waals surface area contributed by atoms with Gasteiger partial charge in [0.25, 0.3) is 0 Å². The van der Waals surface area contributed by atoms with E-state index < -0.39 is 5.97 Å². The fourth-order valence-electron chi connectivity index (χ4n) is 2.92. The predicted molar refractivity (Wildman–Crippen MR) is 93.8 cm³/mol. The van der Waals surface area contributed by atoms with Crippen LogP contribution in [-0.2, 0) is 14.3 Å². The first kappa shape index (κ1) is 19.2. The summed E-state index contributed by atoms with van der Waals surface area (Å²) in [5.74, 6) is -0.0162. The number of benzene rings is 1. The first-order chi connectivity index (χ1) is 12.0. The van der Waals surface area contributed by atoms with Crippen LogP contribution in [0.25, 0.3) is 0 Å². The zero-order valence-corrected chi connectivity index (χ0v) is 15.0. The molecule has 0 radical (unpaired) electrons. The van der Waals surface area contributed by atoms with Gasteiger partial charge < -0.3 is 19.5 Å². The first-order valence-electron chi connectivity index (χ1n) is 8.76. The Morgan fingerprint density at radius 2 is 2.12 bits per heavy atom. The second-order valence-electron chi connectivity index (χ2n) is 6.49. The summed E-state index contributed by atoms with van der Waals surface area (Å²) in [7, 11) is 0. The third-order valence-corrected chi connectivity index (χ3v) is 4.34. The Bertz CT molecular complexity index is 601. The molecule has 0 spiro atoms. The molecule has 1 heterocycles. The van der Waals surface area contributed by atoms with E-state index in [1.807, 2.05) is 26.0 Å². The zero-order chi connectivity index (χ0) is 18.2. The minimum Gasteiger partial charge on any atom is -0.493 e. The average molecular weight is 349 g/mol. The number of carbonyl (C=O) groups excluding carboxylic acids is 1. The Labute approximate surface area is 148 Å². The Morgan fingerprint density at radius 1 is 1.32 bits per heavy atom. The lowest BCUT2D eigenvalue weighted by Crippen LogP contribution is -2.49. The van der Waals surface area contributed by atoms with Crippen LogP contribution in [0.5, 0.6) is 5.75 Å². The number of carbonyl (C=O) groups is 2. The van der Waals surface area contributed by atoms with Crippen molar-refractivity contribution in [3.05, 3.63) is 29.3 Å². The average Bonchev–Trinajstić information content (AvgIpc) is 2.57. The molecule has 0 aromatic heterocycles. The van der Waals surface area contributed by atoms with Gasteiger partial charge in [0.05, 0.1) is 32.3 Å². The van der Waals surface area contributed by atoms with E-state index in [-0.39, 0.29) is 18.4 Å². The molecule has 6 heteroatoms. The SMILES string of the molecule is Cc1ccc(C)c(OCCCCC(=O)N2CCOCC2CC(=O)O)c1. The van der Waals surface area contributed by atoms with E-state index in [1.165, 1.54) is 0 Å². The highest BCUT2D eigenvalue weighted by molar-refractivity contribution is 5.77. The van der Waals surface area contributed by atoms with Crippen LogP contribution >= 0.6 is 0 Å². The molecule has 1 aliphatic rings. The summed E-state index contributed by atoms with van der Waals surface area (Å²) in [6, 6.07) is 5.75. The summed E-state index contributed by atoms with van der Waals surface area (Å²) in [6.45, 7) is 5.85. The van der Waals surface area contributed by atoms with Crippen LogP contribution in [0, 0.1) is 13.8 Å². The van der Waals surface area contributed by atoms with Gasteiger partial charge in [0.2, 0.25) is 5.91 Å². The molecule has 0 bridgehead atoms. The lowest BCUT2D eigenvalue weighted by atomic mass is 10.1. The number of hydrogen-bond donors (Lipinski definition) is 1. The number of carboxylic acids is 1. The van der Waals surface area contributed by atoms with Gasteiger partial charge >= 0.3 is 5.97 Å². The summed E-state index contributed by atoms with van der Waals surface area (Å²) in [6.07, 6.45) is 1.85. The maximum Gasteiger partial charge on any atom is 0.305 e. The van der Waals surface area contributed by atoms with Gasteiger partial charge in [0, 0.05) is 13.0 Å². The number of aryl methyl sites for hydroxylation is 2. The van der Waals surface area contributed by atoms with Crippen molar-refractivity contribution in [1.29, 1.82) is 0 Å². The second-order valence-corrected chi connectivity index (χ2v) is 6.49. The second kappa shape index (κ2) is 9.42. The van der Waals surface area contributed by atoms with Gasteiger partial charge in [-0.25, -0.2) is 0 Å². The largest absolute Gasteiger partial charge is 0.493 e. The van der Waals surface area contributed by atoms with Gasteiger partial charge in [-0.2, -0.15) is 0 Å². The Morgan fingerprint density at radius 3 is 2.88 bits per heavy atom. The Hall–Kier alpha value is -2.08. The number of ether oxygens (including phenoxy) is 2. The molecule has 1 fully saturated rings. The van der Waals surface area contributed by atoms with Crippen molar-refractivity contribution in [1.82, 2.24) is 4.90 Å². The lowest BCUT2D eigenvalue weighted by Gasteiger charge is -2.35. The van der Waals surface area contributed by atoms with Gasteiger partial charge in [-0.1, -0.05) is 12.1 Å². The zero-order valence-electron chi connectivity index (χ0n) is 15.0. The summed E-state index contributed by atoms with van der Waals surface area (Å²) in [5, 5.41) is 8.95. The van der Waals surface area contributed by atoms with Crippen LogP contribution in [0.4, 0.5) is 0 Å². The quantitative estimate of drug-likeness (QED) is 0.730. The summed E-state index contributed by atoms with van der Waals surface area (Å²) in [5.41, 5.74) is 2.26. The van der Waals surface area contributed by atoms with Gasteiger partial charge in [0.15, 0.2) is 0 Å². The third kappa shape index (κ3) is 6.05. The van der Waals surface area contributed by atoms with Crippen molar-refractivity contribution >= 4 is 11.9 Å². The lowest BCUT2D eigenvalue weighted by molar-refractivity contribution is -0.146. The van der Waals surface area contributed by atoms with Crippen LogP contribution in [0.3, 0.4) is 0 Å². The maximum atomic E-state index is 12.4. The molecule has 1 aromatic rings. The Kier molecular flexibility index (Phi) is 7.25. The summed E-state index contributed by atoms with van der Waals surface area (Å²) < 4.78 is 11.1. The number of amides is 1. The molecule has 2 rings (SSSR count). The van der Waals surface area contributed by atoms with E-state index in [0.717, 1.165) is 29.7 Å². The summed E-state index contributed by atoms with van der Waals surface area (Å²) in [4.78, 5) is 24.9. The fraction of sp³-hybridized carbons (Fsp3) is 0.579. The molecule has 1 saturated heterocycles. The molecule has 1 atom stereocenters. The highest BCUT2D eigenvalue weighted by Crippen LogP contribution is 2.19. The van der Waals surface area contributed by atoms with Gasteiger partial charge in [0.1, 0.15) is 5.75 Å². The third-order valence-electron chi connectivity index (χ3n) is 4.34. The normalized spacial score (nSPS) is 17.4. The minimum absolute atomic E-state index is 0.00119. The molecule has 6 nitrogen and oxygen atoms in total. The van der Waals surface area contributed by atoms with Crippen LogP contribution in [-0.4, -0.2) is 54.3 Å². The van der Waals surface area contributed by atoms with E-state index in [1.54, 1.807) is 4.90 Å². The van der Waals surface area contributed by atoms with Crippen LogP contribution in [0.1, 0.15) is 36.8 Å². The molecule has 1 unspecified atom stereocenters. The van der Waals surface area contributed by atoms with Gasteiger partial charge in [-0.15, -0.1) is 0 Å². The van der Waals surface area contributed by atoms with Crippen molar-refractivity contribution in [2.24, 2.45) is 0 Å². The Balaban J connectivity index is 1.72. The van der Waals surface area contributed by atoms with E-state index in [2.05, 4.69) is 6.07 Å². The number of nitrogens with zero attached hydrogens (tertiary/aromatic N) is 1. The number of carboxylic acid groups (broad SMARTS) is 1. The monoisotopic (exact) mass is 349 g/mol. The summed E-state index contributed by atoms with van der Waals surface area (Å²) >= 11 is 0. The maximum absolute atomic E-state index is 12.4. The smallest absolute Gasteiger partial charge is 0.305 e. The van der Waals surface area contributed by atoms with E-state index in [9.17, 15) is 9.59 Å². The number of rotatable bonds is 8. The van der Waals surface area contributed by atoms with Crippen molar-refractivity contribution in [3.63, 3.8) is 0 Å².